The summed E-state index contributed by atoms with van der Waals surface area (Å²) in [6, 6.07) is 16.0. The number of anilines is 1. The first-order valence-corrected chi connectivity index (χ1v) is 17.2. The van der Waals surface area contributed by atoms with E-state index in [0.29, 0.717) is 11.3 Å². The summed E-state index contributed by atoms with van der Waals surface area (Å²) >= 11 is 0. The molecular weight excluding hydrogens is 640 g/mol. The van der Waals surface area contributed by atoms with Crippen LogP contribution in [0, 0.1) is 23.0 Å². The number of carbonyl (C=O) groups excluding carboxylic acids is 2. The molecule has 262 valence electrons. The number of hydrogen-bond acceptors (Lipinski definition) is 7. The van der Waals surface area contributed by atoms with Gasteiger partial charge in [-0.05, 0) is 65.3 Å². The molecule has 0 heterocycles. The second kappa shape index (κ2) is 17.0. The summed E-state index contributed by atoms with van der Waals surface area (Å²) in [7, 11) is -4.03. The third kappa shape index (κ3) is 11.7. The van der Waals surface area contributed by atoms with Gasteiger partial charge >= 0.3 is 0 Å². The summed E-state index contributed by atoms with van der Waals surface area (Å²) < 4.78 is 55.6. The molecule has 6 N–H and O–H groups in total. The fourth-order valence-corrected chi connectivity index (χ4v) is 6.76. The highest BCUT2D eigenvalue weighted by molar-refractivity contribution is 7.89. The fraction of sp³-hybridized carbons (Fsp3) is 0.429. The molecule has 0 aliphatic heterocycles. The summed E-state index contributed by atoms with van der Waals surface area (Å²) in [4.78, 5) is 26.8. The Balaban J connectivity index is 1.80. The highest BCUT2D eigenvalue weighted by Gasteiger charge is 2.36. The lowest BCUT2D eigenvalue weighted by molar-refractivity contribution is -0.132. The van der Waals surface area contributed by atoms with E-state index in [0.717, 1.165) is 23.8 Å². The maximum absolute atomic E-state index is 13.8. The summed E-state index contributed by atoms with van der Waals surface area (Å²) in [5, 5.41) is 20.0. The number of nitrogens with one attached hydrogen (secondary N) is 3. The van der Waals surface area contributed by atoms with E-state index >= 15 is 0 Å². The van der Waals surface area contributed by atoms with Crippen molar-refractivity contribution in [2.24, 2.45) is 11.3 Å². The Hall–Kier alpha value is -3.91. The molecule has 0 saturated carbocycles. The normalized spacial score (nSPS) is 14.0. The lowest BCUT2D eigenvalue weighted by Crippen LogP contribution is -2.59. The van der Waals surface area contributed by atoms with Gasteiger partial charge in [-0.2, -0.15) is 4.31 Å². The number of hydrogen-bond donors (Lipinski definition) is 5. The van der Waals surface area contributed by atoms with Crippen LogP contribution < -0.4 is 21.7 Å². The maximum atomic E-state index is 13.8. The zero-order valence-corrected chi connectivity index (χ0v) is 28.9. The average molecular weight is 688 g/mol. The van der Waals surface area contributed by atoms with Crippen molar-refractivity contribution in [1.29, 1.82) is 0 Å². The minimum atomic E-state index is -4.03. The van der Waals surface area contributed by atoms with E-state index in [1.165, 1.54) is 28.6 Å². The van der Waals surface area contributed by atoms with Crippen molar-refractivity contribution < 1.29 is 31.9 Å². The van der Waals surface area contributed by atoms with Crippen LogP contribution in [-0.2, 0) is 32.6 Å². The van der Waals surface area contributed by atoms with Gasteiger partial charge in [0.2, 0.25) is 21.8 Å². The van der Waals surface area contributed by atoms with E-state index in [2.05, 4.69) is 16.0 Å². The van der Waals surface area contributed by atoms with Crippen molar-refractivity contribution >= 4 is 27.5 Å². The first-order chi connectivity index (χ1) is 22.4. The van der Waals surface area contributed by atoms with Gasteiger partial charge in [-0.25, -0.2) is 17.2 Å². The summed E-state index contributed by atoms with van der Waals surface area (Å²) in [6.07, 6.45) is -1.15. The molecule has 3 rings (SSSR count). The minimum absolute atomic E-state index is 0.0198. The summed E-state index contributed by atoms with van der Waals surface area (Å²) in [5.41, 5.74) is 6.52. The van der Waals surface area contributed by atoms with Gasteiger partial charge in [0.25, 0.3) is 0 Å². The molecule has 3 atom stereocenters. The number of aliphatic hydroxyl groups is 1. The number of nitrogens with two attached hydrogens (primary N) is 1. The highest BCUT2D eigenvalue weighted by Crippen LogP contribution is 2.22. The largest absolute Gasteiger partial charge is 0.399 e. The molecule has 0 fully saturated rings. The number of aliphatic hydroxyl groups excluding tert-OH is 1. The van der Waals surface area contributed by atoms with Crippen molar-refractivity contribution in [3.63, 3.8) is 0 Å². The monoisotopic (exact) mass is 687 g/mol. The Labute approximate surface area is 282 Å². The molecule has 2 amide bonds. The number of benzene rings is 3. The van der Waals surface area contributed by atoms with Gasteiger partial charge in [-0.15, -0.1) is 0 Å². The topological polar surface area (TPSA) is 154 Å². The fourth-order valence-electron chi connectivity index (χ4n) is 5.14. The quantitative estimate of drug-likeness (QED) is 0.144. The Kier molecular flexibility index (Phi) is 13.6. The number of nitrogen functional groups attached to an aromatic ring is 1. The Bertz CT molecular complexity index is 1600. The molecule has 10 nitrogen and oxygen atoms in total. The smallest absolute Gasteiger partial charge is 0.243 e. The Morgan fingerprint density at radius 3 is 2.06 bits per heavy atom. The van der Waals surface area contributed by atoms with E-state index in [1.807, 2.05) is 44.2 Å². The number of amides is 2. The van der Waals surface area contributed by atoms with Crippen molar-refractivity contribution in [1.82, 2.24) is 20.3 Å². The average Bonchev–Trinajstić information content (AvgIpc) is 2.98. The number of sulfonamides is 1. The van der Waals surface area contributed by atoms with E-state index in [-0.39, 0.29) is 43.4 Å². The molecule has 0 saturated heterocycles. The number of halogens is 2. The second-order valence-corrected chi connectivity index (χ2v) is 15.3. The van der Waals surface area contributed by atoms with Gasteiger partial charge in [0.15, 0.2) is 0 Å². The standard InChI is InChI=1S/C35H47F2N5O5S/c1-23(2)21-42(48(46,47)29-13-11-28(38)12-14-29)22-31(43)30(17-24-9-7-6-8-10-24)40-34(45)33(35(3,4)5)41-32(44)20-39-19-25-15-26(36)18-27(37)16-25/h6-16,18,23,30-31,33,39,43H,17,19-22,38H2,1-5H3,(H,40,45)(H,41,44)/t30?,31?,33-/m1/s1. The van der Waals surface area contributed by atoms with Gasteiger partial charge in [0.05, 0.1) is 23.6 Å². The third-order valence-corrected chi connectivity index (χ3v) is 9.38. The van der Waals surface area contributed by atoms with Crippen LogP contribution in [0.25, 0.3) is 0 Å². The number of nitrogens with zero attached hydrogens (tertiary/aromatic N) is 1. The molecule has 3 aromatic carbocycles. The molecule has 3 aromatic rings. The van der Waals surface area contributed by atoms with E-state index in [9.17, 15) is 31.9 Å². The second-order valence-electron chi connectivity index (χ2n) is 13.4. The van der Waals surface area contributed by atoms with Crippen LogP contribution >= 0.6 is 0 Å². The summed E-state index contributed by atoms with van der Waals surface area (Å²) in [5.74, 6) is -2.64. The molecule has 13 heteroatoms. The predicted molar refractivity (Wildman–Crippen MR) is 182 cm³/mol. The Morgan fingerprint density at radius 1 is 0.896 bits per heavy atom. The first-order valence-electron chi connectivity index (χ1n) is 15.8. The molecule has 0 aromatic heterocycles. The van der Waals surface area contributed by atoms with Crippen LogP contribution in [0.5, 0.6) is 0 Å². The molecule has 0 bridgehead atoms. The van der Waals surface area contributed by atoms with Crippen LogP contribution in [0.15, 0.2) is 77.7 Å². The molecule has 0 radical (unpaired) electrons. The number of rotatable bonds is 16. The first kappa shape index (κ1) is 38.5. The molecule has 0 aliphatic rings. The van der Waals surface area contributed by atoms with Crippen LogP contribution in [0.4, 0.5) is 14.5 Å². The van der Waals surface area contributed by atoms with Crippen molar-refractivity contribution in [3.8, 4) is 0 Å². The van der Waals surface area contributed by atoms with Crippen molar-refractivity contribution in [2.45, 2.75) is 70.7 Å². The van der Waals surface area contributed by atoms with Crippen molar-refractivity contribution in [2.75, 3.05) is 25.4 Å². The van der Waals surface area contributed by atoms with Crippen LogP contribution in [-0.4, -0.2) is 67.5 Å². The molecule has 0 spiro atoms. The van der Waals surface area contributed by atoms with Crippen LogP contribution in [0.1, 0.15) is 45.7 Å². The van der Waals surface area contributed by atoms with E-state index < -0.39 is 57.1 Å². The molecule has 2 unspecified atom stereocenters. The van der Waals surface area contributed by atoms with Gasteiger partial charge in [-0.1, -0.05) is 65.0 Å². The summed E-state index contributed by atoms with van der Waals surface area (Å²) in [6.45, 7) is 8.64. The van der Waals surface area contributed by atoms with Gasteiger partial charge in [-0.3, -0.25) is 9.59 Å². The Morgan fingerprint density at radius 2 is 1.50 bits per heavy atom. The molecular formula is C35H47F2N5O5S. The van der Waals surface area contributed by atoms with Crippen molar-refractivity contribution in [3.05, 3.63) is 95.6 Å². The highest BCUT2D eigenvalue weighted by atomic mass is 32.2. The molecule has 0 aliphatic carbocycles. The zero-order chi connectivity index (χ0) is 35.6. The number of carbonyl (C=O) groups is 2. The zero-order valence-electron chi connectivity index (χ0n) is 28.0. The van der Waals surface area contributed by atoms with Gasteiger partial charge in [0.1, 0.15) is 17.7 Å². The van der Waals surface area contributed by atoms with E-state index in [1.54, 1.807) is 20.8 Å². The lowest BCUT2D eigenvalue weighted by atomic mass is 9.85. The molecule has 48 heavy (non-hydrogen) atoms. The predicted octanol–water partition coefficient (Wildman–Crippen LogP) is 3.60. The van der Waals surface area contributed by atoms with Crippen LogP contribution in [0.3, 0.4) is 0 Å². The van der Waals surface area contributed by atoms with Crippen LogP contribution in [0.2, 0.25) is 0 Å². The third-order valence-electron chi connectivity index (χ3n) is 7.54. The van der Waals surface area contributed by atoms with Gasteiger partial charge in [0, 0.05) is 31.4 Å². The van der Waals surface area contributed by atoms with E-state index in [4.69, 9.17) is 5.73 Å². The SMILES string of the molecule is CC(C)CN(CC(O)C(Cc1ccccc1)NC(=O)[C@@H](NC(=O)CNCc1cc(F)cc(F)c1)C(C)(C)C)S(=O)(=O)c1ccc(N)cc1. The van der Waals surface area contributed by atoms with Gasteiger partial charge < -0.3 is 26.8 Å². The minimum Gasteiger partial charge on any atom is -0.399 e. The lowest BCUT2D eigenvalue weighted by Gasteiger charge is -2.34. The maximum Gasteiger partial charge on any atom is 0.243 e.